The van der Waals surface area contributed by atoms with Crippen LogP contribution in [0.5, 0.6) is 0 Å². The number of hydrogen-bond donors (Lipinski definition) is 0. The summed E-state index contributed by atoms with van der Waals surface area (Å²) >= 11 is 3.38. The van der Waals surface area contributed by atoms with Crippen LogP contribution in [0.2, 0.25) is 0 Å². The van der Waals surface area contributed by atoms with Gasteiger partial charge >= 0.3 is 0 Å². The summed E-state index contributed by atoms with van der Waals surface area (Å²) < 4.78 is 61.6. The fraction of sp³-hybridized carbons (Fsp3) is 0.200. The van der Waals surface area contributed by atoms with Gasteiger partial charge in [-0.1, -0.05) is 12.6 Å². The molecule has 3 nitrogen and oxygen atoms in total. The predicted octanol–water partition coefficient (Wildman–Crippen LogP) is 5.64. The lowest BCUT2D eigenvalue weighted by molar-refractivity contribution is 0.0975. The van der Waals surface area contributed by atoms with Crippen molar-refractivity contribution in [3.63, 3.8) is 0 Å². The molecule has 0 aliphatic carbocycles. The summed E-state index contributed by atoms with van der Waals surface area (Å²) in [5.74, 6) is -2.44. The molecule has 28 heavy (non-hydrogen) atoms. The molecular formula is C20H17BrF4N2O. The second-order valence-corrected chi connectivity index (χ2v) is 7.11. The third-order valence-electron chi connectivity index (χ3n) is 4.43. The lowest BCUT2D eigenvalue weighted by atomic mass is 10.2. The standard InChI is InChI=1S/C20H17BrF4N2O/c1-3-26-12(2)27(19-16(23)5-4-6-17(19)24)10-15(21)20(26)28-11-13-7-8-14(22)9-18(13)25/h3-9,12H,1,10-11H2,2H3. The highest BCUT2D eigenvalue weighted by molar-refractivity contribution is 9.11. The summed E-state index contributed by atoms with van der Waals surface area (Å²) in [6.45, 7) is 5.44. The molecule has 2 aromatic carbocycles. The van der Waals surface area contributed by atoms with Gasteiger partial charge in [-0.3, -0.25) is 4.90 Å². The summed E-state index contributed by atoms with van der Waals surface area (Å²) in [6, 6.07) is 6.88. The van der Waals surface area contributed by atoms with Crippen molar-refractivity contribution in [2.45, 2.75) is 19.7 Å². The second-order valence-electron chi connectivity index (χ2n) is 6.15. The number of halogens is 5. The Morgan fingerprint density at radius 2 is 1.82 bits per heavy atom. The third kappa shape index (κ3) is 3.87. The van der Waals surface area contributed by atoms with E-state index >= 15 is 0 Å². The van der Waals surface area contributed by atoms with Crippen molar-refractivity contribution in [3.05, 3.63) is 88.4 Å². The quantitative estimate of drug-likeness (QED) is 0.541. The molecule has 1 aliphatic rings. The van der Waals surface area contributed by atoms with Gasteiger partial charge in [0, 0.05) is 17.8 Å². The van der Waals surface area contributed by atoms with Crippen LogP contribution in [0, 0.1) is 23.3 Å². The highest BCUT2D eigenvalue weighted by atomic mass is 79.9. The van der Waals surface area contributed by atoms with Gasteiger partial charge in [-0.2, -0.15) is 0 Å². The molecule has 2 aromatic rings. The van der Waals surface area contributed by atoms with Crippen LogP contribution in [0.15, 0.2) is 59.5 Å². The molecule has 0 saturated carbocycles. The maximum Gasteiger partial charge on any atom is 0.207 e. The molecule has 0 spiro atoms. The molecule has 0 fully saturated rings. The van der Waals surface area contributed by atoms with E-state index in [1.165, 1.54) is 35.4 Å². The van der Waals surface area contributed by atoms with Gasteiger partial charge in [-0.25, -0.2) is 17.6 Å². The number of para-hydroxylation sites is 1. The van der Waals surface area contributed by atoms with E-state index in [1.807, 2.05) is 0 Å². The Morgan fingerprint density at radius 1 is 1.14 bits per heavy atom. The van der Waals surface area contributed by atoms with Gasteiger partial charge in [0.25, 0.3) is 0 Å². The molecule has 148 valence electrons. The van der Waals surface area contributed by atoms with Crippen LogP contribution >= 0.6 is 15.9 Å². The van der Waals surface area contributed by atoms with E-state index in [2.05, 4.69) is 22.5 Å². The molecule has 1 aliphatic heterocycles. The van der Waals surface area contributed by atoms with Crippen LogP contribution in [0.4, 0.5) is 23.2 Å². The zero-order valence-electron chi connectivity index (χ0n) is 14.9. The monoisotopic (exact) mass is 456 g/mol. The van der Waals surface area contributed by atoms with Crippen LogP contribution in [0.3, 0.4) is 0 Å². The van der Waals surface area contributed by atoms with Gasteiger partial charge in [-0.05, 0) is 47.1 Å². The van der Waals surface area contributed by atoms with Crippen LogP contribution in [-0.4, -0.2) is 17.6 Å². The molecule has 0 saturated heterocycles. The molecule has 0 aromatic heterocycles. The van der Waals surface area contributed by atoms with Crippen molar-refractivity contribution < 1.29 is 22.3 Å². The number of nitrogens with zero attached hydrogens (tertiary/aromatic N) is 2. The Morgan fingerprint density at radius 3 is 2.43 bits per heavy atom. The highest BCUT2D eigenvalue weighted by Gasteiger charge is 2.33. The summed E-state index contributed by atoms with van der Waals surface area (Å²) in [4.78, 5) is 3.09. The molecule has 0 radical (unpaired) electrons. The fourth-order valence-corrected chi connectivity index (χ4v) is 3.60. The van der Waals surface area contributed by atoms with Gasteiger partial charge in [0.1, 0.15) is 41.7 Å². The predicted molar refractivity (Wildman–Crippen MR) is 102 cm³/mol. The SMILES string of the molecule is C=CN1C(OCc2ccc(F)cc2F)=C(Br)CN(c2c(F)cccc2F)C1C. The lowest BCUT2D eigenvalue weighted by Crippen LogP contribution is -2.49. The number of rotatable bonds is 5. The van der Waals surface area contributed by atoms with Gasteiger partial charge in [0.2, 0.25) is 5.88 Å². The average molecular weight is 457 g/mol. The minimum absolute atomic E-state index is 0.130. The third-order valence-corrected chi connectivity index (χ3v) is 5.02. The van der Waals surface area contributed by atoms with E-state index in [0.29, 0.717) is 10.4 Å². The molecular weight excluding hydrogens is 440 g/mol. The first-order valence-corrected chi connectivity index (χ1v) is 9.19. The smallest absolute Gasteiger partial charge is 0.207 e. The molecule has 1 unspecified atom stereocenters. The summed E-state index contributed by atoms with van der Waals surface area (Å²) in [7, 11) is 0. The summed E-state index contributed by atoms with van der Waals surface area (Å²) in [5, 5.41) is 0. The molecule has 0 amide bonds. The van der Waals surface area contributed by atoms with E-state index in [9.17, 15) is 17.6 Å². The van der Waals surface area contributed by atoms with Crippen molar-refractivity contribution >= 4 is 21.6 Å². The molecule has 0 N–H and O–H groups in total. The Kier molecular flexibility index (Phi) is 5.98. The molecule has 8 heteroatoms. The van der Waals surface area contributed by atoms with Crippen LogP contribution in [0.1, 0.15) is 12.5 Å². The first-order valence-electron chi connectivity index (χ1n) is 8.40. The first kappa shape index (κ1) is 20.3. The topological polar surface area (TPSA) is 15.7 Å². The van der Waals surface area contributed by atoms with Crippen LogP contribution in [0.25, 0.3) is 0 Å². The number of anilines is 1. The first-order chi connectivity index (χ1) is 13.3. The average Bonchev–Trinajstić information content (AvgIpc) is 2.64. The molecule has 0 bridgehead atoms. The number of hydrogen-bond acceptors (Lipinski definition) is 3. The fourth-order valence-electron chi connectivity index (χ4n) is 3.01. The van der Waals surface area contributed by atoms with Crippen molar-refractivity contribution in [1.82, 2.24) is 4.90 Å². The van der Waals surface area contributed by atoms with Crippen LogP contribution in [-0.2, 0) is 11.3 Å². The van der Waals surface area contributed by atoms with E-state index in [1.54, 1.807) is 11.8 Å². The minimum Gasteiger partial charge on any atom is -0.473 e. The van der Waals surface area contributed by atoms with E-state index in [0.717, 1.165) is 12.1 Å². The van der Waals surface area contributed by atoms with Gasteiger partial charge < -0.3 is 9.64 Å². The summed E-state index contributed by atoms with van der Waals surface area (Å²) in [6.07, 6.45) is 0.922. The van der Waals surface area contributed by atoms with Gasteiger partial charge in [0.15, 0.2) is 0 Å². The van der Waals surface area contributed by atoms with Crippen molar-refractivity contribution in [2.24, 2.45) is 0 Å². The van der Waals surface area contributed by atoms with E-state index in [4.69, 9.17) is 4.74 Å². The van der Waals surface area contributed by atoms with Crippen molar-refractivity contribution in [3.8, 4) is 0 Å². The van der Waals surface area contributed by atoms with Crippen molar-refractivity contribution in [2.75, 3.05) is 11.4 Å². The number of benzene rings is 2. The zero-order valence-corrected chi connectivity index (χ0v) is 16.5. The van der Waals surface area contributed by atoms with Crippen LogP contribution < -0.4 is 4.90 Å². The minimum atomic E-state index is -0.721. The van der Waals surface area contributed by atoms with Crippen molar-refractivity contribution in [1.29, 1.82) is 0 Å². The van der Waals surface area contributed by atoms with Gasteiger partial charge in [-0.15, -0.1) is 0 Å². The van der Waals surface area contributed by atoms with Gasteiger partial charge in [0.05, 0.1) is 11.0 Å². The second kappa shape index (κ2) is 8.26. The molecule has 1 atom stereocenters. The lowest BCUT2D eigenvalue weighted by Gasteiger charge is -2.43. The Bertz CT molecular complexity index is 914. The Labute approximate surface area is 168 Å². The normalized spacial score (nSPS) is 17.1. The largest absolute Gasteiger partial charge is 0.473 e. The Hall–Kier alpha value is -2.48. The zero-order chi connectivity index (χ0) is 20.4. The number of ether oxygens (including phenoxy) is 1. The van der Waals surface area contributed by atoms with E-state index in [-0.39, 0.29) is 24.4 Å². The maximum atomic E-state index is 14.2. The Balaban J connectivity index is 1.89. The molecule has 1 heterocycles. The van der Waals surface area contributed by atoms with E-state index < -0.39 is 29.4 Å². The maximum absolute atomic E-state index is 14.2. The summed E-state index contributed by atoms with van der Waals surface area (Å²) in [5.41, 5.74) is 0.0101. The molecule has 3 rings (SSSR count). The highest BCUT2D eigenvalue weighted by Crippen LogP contribution is 2.35.